The van der Waals surface area contributed by atoms with Crippen molar-refractivity contribution in [2.75, 3.05) is 14.1 Å². The van der Waals surface area contributed by atoms with Crippen LogP contribution in [0.3, 0.4) is 0 Å². The summed E-state index contributed by atoms with van der Waals surface area (Å²) in [5.41, 5.74) is 0.909. The Morgan fingerprint density at radius 1 is 1.00 bits per heavy atom. The maximum Gasteiger partial charge on any atom is 0.308 e. The molecule has 12 atom stereocenters. The van der Waals surface area contributed by atoms with Crippen molar-refractivity contribution in [2.24, 2.45) is 23.7 Å². The molecule has 230 valence electrons. The molecule has 0 bridgehead atoms. The first-order valence-electron chi connectivity index (χ1n) is 14.8. The quantitative estimate of drug-likeness (QED) is 0.429. The molecule has 0 aromatic rings. The average molecular weight is 568 g/mol. The summed E-state index contributed by atoms with van der Waals surface area (Å²) in [6, 6.07) is -0.620. The zero-order valence-electron chi connectivity index (χ0n) is 25.8. The molecule has 3 N–H and O–H groups in total. The molecule has 1 fully saturated rings. The van der Waals surface area contributed by atoms with Crippen LogP contribution < -0.4 is 0 Å². The molecule has 2 rings (SSSR count). The summed E-state index contributed by atoms with van der Waals surface area (Å²) in [6.45, 7) is 13.2. The predicted octanol–water partition coefficient (Wildman–Crippen LogP) is 3.25. The summed E-state index contributed by atoms with van der Waals surface area (Å²) in [6.07, 6.45) is 1.09. The summed E-state index contributed by atoms with van der Waals surface area (Å²) in [7, 11) is 3.54. The highest BCUT2D eigenvalue weighted by Gasteiger charge is 2.47. The Balaban J connectivity index is 2.45. The number of cyclic esters (lactones) is 1. The minimum Gasteiger partial charge on any atom is -0.462 e. The van der Waals surface area contributed by atoms with E-state index in [9.17, 15) is 24.9 Å². The van der Waals surface area contributed by atoms with Crippen molar-refractivity contribution in [2.45, 2.75) is 123 Å². The fourth-order valence-corrected chi connectivity index (χ4v) is 5.97. The lowest BCUT2D eigenvalue weighted by molar-refractivity contribution is -0.304. The van der Waals surface area contributed by atoms with E-state index < -0.39 is 54.7 Å². The molecule has 0 aromatic carbocycles. The molecule has 1 saturated heterocycles. The van der Waals surface area contributed by atoms with E-state index in [4.69, 9.17) is 14.2 Å². The van der Waals surface area contributed by atoms with Crippen LogP contribution in [0.1, 0.15) is 74.1 Å². The molecule has 0 saturated carbocycles. The standard InChI is InChI=1S/C31H53NO8/c1-10-22-15-18(4)23(33)13-12-17(3)14-19(5)25(11-2)39-26(35)16-24(34)20(6)30(22)40-31-29(37)27(32(8)9)28(36)21(7)38-31/h12-14,18-22,24-25,27-31,34,36-37H,10-11,15-16H2,1-9H3/b13-12+,17-14+/t18-,19+,20+,21-,22?,24-,25-,27+,28-,29-,30-,31+/m1/s1. The lowest BCUT2D eigenvalue weighted by Gasteiger charge is -2.46. The Labute approximate surface area is 240 Å². The van der Waals surface area contributed by atoms with Crippen LogP contribution in [0.25, 0.3) is 0 Å². The topological polar surface area (TPSA) is 126 Å². The fourth-order valence-electron chi connectivity index (χ4n) is 5.97. The van der Waals surface area contributed by atoms with E-state index >= 15 is 0 Å². The molecule has 0 amide bonds. The highest BCUT2D eigenvalue weighted by atomic mass is 16.7. The van der Waals surface area contributed by atoms with Crippen molar-refractivity contribution in [1.82, 2.24) is 4.90 Å². The first-order valence-corrected chi connectivity index (χ1v) is 14.8. The van der Waals surface area contributed by atoms with Gasteiger partial charge in [0, 0.05) is 17.8 Å². The summed E-state index contributed by atoms with van der Waals surface area (Å²) in [5, 5.41) is 33.0. The van der Waals surface area contributed by atoms with E-state index in [0.29, 0.717) is 19.3 Å². The Kier molecular flexibility index (Phi) is 13.5. The molecule has 9 heteroatoms. The van der Waals surface area contributed by atoms with Crippen LogP contribution in [0.5, 0.6) is 0 Å². The minimum atomic E-state index is -1.16. The van der Waals surface area contributed by atoms with Crippen LogP contribution in [0.2, 0.25) is 0 Å². The van der Waals surface area contributed by atoms with Gasteiger partial charge in [0.15, 0.2) is 12.1 Å². The number of ether oxygens (including phenoxy) is 3. The van der Waals surface area contributed by atoms with Gasteiger partial charge in [-0.2, -0.15) is 0 Å². The Bertz CT molecular complexity index is 889. The molecule has 9 nitrogen and oxygen atoms in total. The third kappa shape index (κ3) is 8.94. The first-order chi connectivity index (χ1) is 18.7. The lowest BCUT2D eigenvalue weighted by Crippen LogP contribution is -2.63. The summed E-state index contributed by atoms with van der Waals surface area (Å²) >= 11 is 0. The molecule has 2 aliphatic rings. The van der Waals surface area contributed by atoms with Gasteiger partial charge in [0.05, 0.1) is 36.9 Å². The first kappa shape index (κ1) is 34.6. The van der Waals surface area contributed by atoms with Crippen molar-refractivity contribution < 1.29 is 39.1 Å². The Morgan fingerprint density at radius 2 is 1.65 bits per heavy atom. The van der Waals surface area contributed by atoms with Gasteiger partial charge in [0.2, 0.25) is 0 Å². The molecule has 2 aliphatic heterocycles. The van der Waals surface area contributed by atoms with Crippen LogP contribution in [-0.2, 0) is 23.8 Å². The summed E-state index contributed by atoms with van der Waals surface area (Å²) < 4.78 is 18.2. The molecule has 1 unspecified atom stereocenters. The van der Waals surface area contributed by atoms with Crippen LogP contribution in [0, 0.1) is 23.7 Å². The second-order valence-corrected chi connectivity index (χ2v) is 12.1. The molecule has 0 radical (unpaired) electrons. The van der Waals surface area contributed by atoms with Gasteiger partial charge in [-0.05, 0) is 52.8 Å². The number of carbonyl (C=O) groups excluding carboxylic acids is 2. The van der Waals surface area contributed by atoms with Gasteiger partial charge >= 0.3 is 5.97 Å². The molecule has 0 spiro atoms. The van der Waals surface area contributed by atoms with Crippen LogP contribution in [0.4, 0.5) is 0 Å². The number of allylic oxidation sites excluding steroid dienone is 3. The number of aliphatic hydroxyl groups excluding tert-OH is 3. The lowest BCUT2D eigenvalue weighted by atomic mass is 9.80. The van der Waals surface area contributed by atoms with Gasteiger partial charge in [-0.3, -0.25) is 9.59 Å². The van der Waals surface area contributed by atoms with Gasteiger partial charge in [-0.1, -0.05) is 58.8 Å². The van der Waals surface area contributed by atoms with Gasteiger partial charge in [0.25, 0.3) is 0 Å². The van der Waals surface area contributed by atoms with E-state index in [1.807, 2.05) is 47.6 Å². The van der Waals surface area contributed by atoms with Gasteiger partial charge < -0.3 is 34.4 Å². The molecular formula is C31H53NO8. The fraction of sp³-hybridized carbons (Fsp3) is 0.806. The van der Waals surface area contributed by atoms with Crippen molar-refractivity contribution >= 4 is 11.8 Å². The number of carbonyl (C=O) groups is 2. The second-order valence-electron chi connectivity index (χ2n) is 12.1. The molecule has 40 heavy (non-hydrogen) atoms. The predicted molar refractivity (Wildman–Crippen MR) is 153 cm³/mol. The van der Waals surface area contributed by atoms with Crippen LogP contribution >= 0.6 is 0 Å². The van der Waals surface area contributed by atoms with E-state index in [2.05, 4.69) is 0 Å². The van der Waals surface area contributed by atoms with Gasteiger partial charge in [0.1, 0.15) is 12.2 Å². The average Bonchev–Trinajstić information content (AvgIpc) is 2.89. The number of ketones is 1. The number of aliphatic hydroxyl groups is 3. The number of hydrogen-bond acceptors (Lipinski definition) is 9. The van der Waals surface area contributed by atoms with E-state index in [1.54, 1.807) is 38.1 Å². The normalized spacial score (nSPS) is 43.2. The summed E-state index contributed by atoms with van der Waals surface area (Å²) in [5.74, 6) is -1.60. The SMILES string of the molecule is CCC1C[C@@H](C)C(=O)/C=C/C(C)=C/[C@H](C)[C@@H](CC)OC(=O)C[C@@H](O)[C@H](C)[C@H]1O[C@@H]1O[C@H](C)[C@@H](O)[C@H](N(C)C)[C@H]1O. The maximum atomic E-state index is 13.1. The van der Waals surface area contributed by atoms with Crippen LogP contribution in [0.15, 0.2) is 23.8 Å². The zero-order valence-corrected chi connectivity index (χ0v) is 25.8. The third-order valence-corrected chi connectivity index (χ3v) is 8.64. The van der Waals surface area contributed by atoms with E-state index in [1.165, 1.54) is 0 Å². The van der Waals surface area contributed by atoms with Gasteiger partial charge in [-0.25, -0.2) is 0 Å². The number of rotatable bonds is 5. The number of likely N-dealkylation sites (N-methyl/N-ethyl adjacent to an activating group) is 1. The van der Waals surface area contributed by atoms with Crippen LogP contribution in [-0.4, -0.2) is 95.0 Å². The molecule has 0 aliphatic carbocycles. The van der Waals surface area contributed by atoms with Crippen molar-refractivity contribution in [1.29, 1.82) is 0 Å². The number of hydrogen-bond donors (Lipinski definition) is 3. The van der Waals surface area contributed by atoms with E-state index in [-0.39, 0.29) is 36.1 Å². The number of esters is 1. The van der Waals surface area contributed by atoms with Crippen molar-refractivity contribution in [3.8, 4) is 0 Å². The number of nitrogens with zero attached hydrogens (tertiary/aromatic N) is 1. The van der Waals surface area contributed by atoms with Crippen molar-refractivity contribution in [3.63, 3.8) is 0 Å². The Hall–Kier alpha value is -1.62. The smallest absolute Gasteiger partial charge is 0.308 e. The second kappa shape index (κ2) is 15.6. The highest BCUT2D eigenvalue weighted by Crippen LogP contribution is 2.34. The third-order valence-electron chi connectivity index (χ3n) is 8.64. The molecular weight excluding hydrogens is 514 g/mol. The largest absolute Gasteiger partial charge is 0.462 e. The molecule has 0 aromatic heterocycles. The minimum absolute atomic E-state index is 0.00487. The zero-order chi connectivity index (χ0) is 30.3. The Morgan fingerprint density at radius 3 is 2.23 bits per heavy atom. The van der Waals surface area contributed by atoms with Crippen molar-refractivity contribution in [3.05, 3.63) is 23.8 Å². The summed E-state index contributed by atoms with van der Waals surface area (Å²) in [4.78, 5) is 27.7. The van der Waals surface area contributed by atoms with E-state index in [0.717, 1.165) is 5.57 Å². The highest BCUT2D eigenvalue weighted by molar-refractivity contribution is 5.91. The molecule has 2 heterocycles. The monoisotopic (exact) mass is 567 g/mol. The van der Waals surface area contributed by atoms with Gasteiger partial charge in [-0.15, -0.1) is 0 Å². The maximum absolute atomic E-state index is 13.1.